The number of aliphatic imine (C=N–C) groups is 1. The second-order valence-corrected chi connectivity index (χ2v) is 5.26. The molecule has 0 atom stereocenters. The summed E-state index contributed by atoms with van der Waals surface area (Å²) in [6.45, 7) is 4.75. The van der Waals surface area contributed by atoms with Crippen LogP contribution in [0.25, 0.3) is 0 Å². The van der Waals surface area contributed by atoms with Crippen molar-refractivity contribution in [2.75, 3.05) is 11.4 Å². The smallest absolute Gasteiger partial charge is 0.199 e. The van der Waals surface area contributed by atoms with Crippen molar-refractivity contribution in [1.29, 1.82) is 0 Å². The van der Waals surface area contributed by atoms with Crippen LogP contribution >= 0.6 is 0 Å². The van der Waals surface area contributed by atoms with E-state index in [1.165, 1.54) is 16.8 Å². The van der Waals surface area contributed by atoms with E-state index in [0.29, 0.717) is 0 Å². The summed E-state index contributed by atoms with van der Waals surface area (Å²) in [5.41, 5.74) is 3.86. The van der Waals surface area contributed by atoms with Crippen LogP contribution in [0, 0.1) is 0 Å². The van der Waals surface area contributed by atoms with Crippen LogP contribution in [0.3, 0.4) is 0 Å². The van der Waals surface area contributed by atoms with Gasteiger partial charge in [0, 0.05) is 18.8 Å². The molecular weight excluding hydrogens is 258 g/mol. The highest BCUT2D eigenvalue weighted by atomic mass is 15.3. The Balaban J connectivity index is 1.77. The van der Waals surface area contributed by atoms with Gasteiger partial charge in [0.05, 0.1) is 6.54 Å². The van der Waals surface area contributed by atoms with Crippen LogP contribution in [0.4, 0.5) is 5.69 Å². The number of rotatable bonds is 4. The molecule has 3 nitrogen and oxygen atoms in total. The fourth-order valence-electron chi connectivity index (χ4n) is 2.65. The summed E-state index contributed by atoms with van der Waals surface area (Å²) in [6, 6.07) is 19.0. The third-order valence-electron chi connectivity index (χ3n) is 3.68. The van der Waals surface area contributed by atoms with Gasteiger partial charge in [0.15, 0.2) is 5.96 Å². The molecule has 0 fully saturated rings. The van der Waals surface area contributed by atoms with Crippen LogP contribution < -0.4 is 10.2 Å². The zero-order valence-electron chi connectivity index (χ0n) is 12.4. The minimum atomic E-state index is 0.757. The van der Waals surface area contributed by atoms with Gasteiger partial charge in [0.25, 0.3) is 0 Å². The molecule has 21 heavy (non-hydrogen) atoms. The lowest BCUT2D eigenvalue weighted by atomic mass is 10.1. The Bertz CT molecular complexity index is 619. The predicted octanol–water partition coefficient (Wildman–Crippen LogP) is 3.56. The van der Waals surface area contributed by atoms with Crippen molar-refractivity contribution in [3.05, 3.63) is 65.7 Å². The summed E-state index contributed by atoms with van der Waals surface area (Å²) in [5.74, 6) is 0.986. The standard InChI is InChI=1S/C18H21N3/c1-2-12-21-17-11-7-6-10-16(17)14-20-18(21)19-13-15-8-4-3-5-9-15/h3-11H,2,12-14H2,1H3,(H,19,20). The number of anilines is 1. The molecule has 1 heterocycles. The second-order valence-electron chi connectivity index (χ2n) is 5.26. The fourth-order valence-corrected chi connectivity index (χ4v) is 2.65. The Hall–Kier alpha value is -2.29. The van der Waals surface area contributed by atoms with Gasteiger partial charge in [0.2, 0.25) is 0 Å². The highest BCUT2D eigenvalue weighted by Gasteiger charge is 2.19. The molecule has 0 aliphatic carbocycles. The lowest BCUT2D eigenvalue weighted by Gasteiger charge is -2.31. The quantitative estimate of drug-likeness (QED) is 0.926. The largest absolute Gasteiger partial charge is 0.352 e. The molecule has 0 aromatic heterocycles. The average Bonchev–Trinajstić information content (AvgIpc) is 2.55. The molecule has 1 aliphatic rings. The van der Waals surface area contributed by atoms with Crippen molar-refractivity contribution in [2.45, 2.75) is 26.4 Å². The van der Waals surface area contributed by atoms with Crippen LogP contribution in [-0.2, 0) is 13.1 Å². The molecule has 1 N–H and O–H groups in total. The molecule has 0 radical (unpaired) electrons. The first-order chi connectivity index (χ1) is 10.4. The van der Waals surface area contributed by atoms with Gasteiger partial charge >= 0.3 is 0 Å². The topological polar surface area (TPSA) is 27.6 Å². The Labute approximate surface area is 126 Å². The molecule has 2 aromatic carbocycles. The van der Waals surface area contributed by atoms with E-state index in [-0.39, 0.29) is 0 Å². The molecule has 2 aromatic rings. The SMILES string of the molecule is CCCN1C(NCc2ccccc2)=NCc2ccccc21. The van der Waals surface area contributed by atoms with Gasteiger partial charge < -0.3 is 10.2 Å². The van der Waals surface area contributed by atoms with Gasteiger partial charge in [-0.2, -0.15) is 0 Å². The molecule has 0 unspecified atom stereocenters. The van der Waals surface area contributed by atoms with Crippen LogP contribution in [0.2, 0.25) is 0 Å². The van der Waals surface area contributed by atoms with E-state index in [9.17, 15) is 0 Å². The summed E-state index contributed by atoms with van der Waals surface area (Å²) < 4.78 is 0. The Morgan fingerprint density at radius 3 is 2.62 bits per heavy atom. The zero-order chi connectivity index (χ0) is 14.5. The zero-order valence-corrected chi connectivity index (χ0v) is 12.4. The van der Waals surface area contributed by atoms with E-state index in [1.807, 2.05) is 6.07 Å². The minimum absolute atomic E-state index is 0.757. The number of benzene rings is 2. The molecule has 3 heteroatoms. The number of hydrogen-bond acceptors (Lipinski definition) is 3. The Kier molecular flexibility index (Phi) is 4.20. The maximum Gasteiger partial charge on any atom is 0.199 e. The van der Waals surface area contributed by atoms with Gasteiger partial charge in [-0.3, -0.25) is 0 Å². The lowest BCUT2D eigenvalue weighted by molar-refractivity contribution is 0.802. The van der Waals surface area contributed by atoms with Crippen LogP contribution in [0.5, 0.6) is 0 Å². The second kappa shape index (κ2) is 6.44. The predicted molar refractivity (Wildman–Crippen MR) is 88.5 cm³/mol. The average molecular weight is 279 g/mol. The lowest BCUT2D eigenvalue weighted by Crippen LogP contribution is -2.43. The van der Waals surface area contributed by atoms with Crippen molar-refractivity contribution in [3.63, 3.8) is 0 Å². The highest BCUT2D eigenvalue weighted by Crippen LogP contribution is 2.25. The summed E-state index contributed by atoms with van der Waals surface area (Å²) in [4.78, 5) is 7.01. The molecule has 0 saturated carbocycles. The van der Waals surface area contributed by atoms with Crippen molar-refractivity contribution < 1.29 is 0 Å². The normalized spacial score (nSPS) is 13.6. The number of guanidine groups is 1. The number of hydrogen-bond donors (Lipinski definition) is 1. The third kappa shape index (κ3) is 3.07. The molecular formula is C18H21N3. The fraction of sp³-hybridized carbons (Fsp3) is 0.278. The molecule has 0 spiro atoms. The van der Waals surface area contributed by atoms with E-state index in [2.05, 4.69) is 65.7 Å². The van der Waals surface area contributed by atoms with E-state index in [0.717, 1.165) is 32.0 Å². The van der Waals surface area contributed by atoms with E-state index >= 15 is 0 Å². The summed E-state index contributed by atoms with van der Waals surface area (Å²) in [6.07, 6.45) is 1.10. The van der Waals surface area contributed by atoms with Crippen molar-refractivity contribution in [1.82, 2.24) is 5.32 Å². The van der Waals surface area contributed by atoms with Gasteiger partial charge in [-0.15, -0.1) is 0 Å². The van der Waals surface area contributed by atoms with Crippen LogP contribution in [-0.4, -0.2) is 12.5 Å². The van der Waals surface area contributed by atoms with Gasteiger partial charge in [-0.25, -0.2) is 4.99 Å². The first kappa shape index (κ1) is 13.7. The van der Waals surface area contributed by atoms with E-state index < -0.39 is 0 Å². The molecule has 108 valence electrons. The van der Waals surface area contributed by atoms with E-state index in [1.54, 1.807) is 0 Å². The molecule has 3 rings (SSSR count). The summed E-state index contributed by atoms with van der Waals surface area (Å²) in [5, 5.41) is 3.49. The van der Waals surface area contributed by atoms with Gasteiger partial charge in [-0.05, 0) is 23.6 Å². The maximum absolute atomic E-state index is 4.72. The molecule has 0 amide bonds. The monoisotopic (exact) mass is 279 g/mol. The Morgan fingerprint density at radius 2 is 1.81 bits per heavy atom. The van der Waals surface area contributed by atoms with Gasteiger partial charge in [0.1, 0.15) is 0 Å². The third-order valence-corrected chi connectivity index (χ3v) is 3.68. The highest BCUT2D eigenvalue weighted by molar-refractivity contribution is 5.98. The maximum atomic E-state index is 4.72. The first-order valence-corrected chi connectivity index (χ1v) is 7.56. The first-order valence-electron chi connectivity index (χ1n) is 7.56. The van der Waals surface area contributed by atoms with Crippen molar-refractivity contribution in [3.8, 4) is 0 Å². The van der Waals surface area contributed by atoms with E-state index in [4.69, 9.17) is 4.99 Å². The summed E-state index contributed by atoms with van der Waals surface area (Å²) >= 11 is 0. The number of fused-ring (bicyclic) bond motifs is 1. The number of nitrogens with zero attached hydrogens (tertiary/aromatic N) is 2. The number of para-hydroxylation sites is 1. The van der Waals surface area contributed by atoms with Gasteiger partial charge in [-0.1, -0.05) is 55.5 Å². The van der Waals surface area contributed by atoms with Crippen LogP contribution in [0.15, 0.2) is 59.6 Å². The molecule has 1 aliphatic heterocycles. The Morgan fingerprint density at radius 1 is 1.05 bits per heavy atom. The van der Waals surface area contributed by atoms with Crippen molar-refractivity contribution in [2.24, 2.45) is 4.99 Å². The summed E-state index contributed by atoms with van der Waals surface area (Å²) in [7, 11) is 0. The number of nitrogens with one attached hydrogen (secondary N) is 1. The molecule has 0 bridgehead atoms. The van der Waals surface area contributed by atoms with Crippen molar-refractivity contribution >= 4 is 11.6 Å². The van der Waals surface area contributed by atoms with Crippen LogP contribution in [0.1, 0.15) is 24.5 Å². The molecule has 0 saturated heterocycles. The minimum Gasteiger partial charge on any atom is -0.352 e.